The van der Waals surface area contributed by atoms with E-state index in [1.54, 1.807) is 24.3 Å². The number of rotatable bonds is 15. The number of hydrogen-bond acceptors (Lipinski definition) is 5. The molecule has 256 valence electrons. The van der Waals surface area contributed by atoms with Crippen molar-refractivity contribution in [1.82, 2.24) is 0 Å². The van der Waals surface area contributed by atoms with Gasteiger partial charge in [0.2, 0.25) is 0 Å². The summed E-state index contributed by atoms with van der Waals surface area (Å²) in [7, 11) is 0. The Labute approximate surface area is 303 Å². The molecule has 49 heavy (non-hydrogen) atoms. The van der Waals surface area contributed by atoms with Gasteiger partial charge in [0.1, 0.15) is 23.0 Å². The molecular weight excluding hydrogens is 679 g/mol. The van der Waals surface area contributed by atoms with Gasteiger partial charge >= 0.3 is 0 Å². The Morgan fingerprint density at radius 1 is 0.510 bits per heavy atom. The number of benzene rings is 4. The first-order chi connectivity index (χ1) is 23.9. The first-order valence-electron chi connectivity index (χ1n) is 17.0. The van der Waals surface area contributed by atoms with Crippen LogP contribution in [0.3, 0.4) is 0 Å². The second kappa shape index (κ2) is 18.4. The second-order valence-electron chi connectivity index (χ2n) is 12.3. The van der Waals surface area contributed by atoms with Crippen molar-refractivity contribution in [2.45, 2.75) is 70.6 Å². The average Bonchev–Trinajstić information content (AvgIpc) is 3.12. The molecule has 0 fully saturated rings. The van der Waals surface area contributed by atoms with Crippen molar-refractivity contribution in [1.29, 1.82) is 0 Å². The van der Waals surface area contributed by atoms with Gasteiger partial charge in [-0.2, -0.15) is 0 Å². The maximum Gasteiger partial charge on any atom is 0.164 e. The zero-order valence-electron chi connectivity index (χ0n) is 27.6. The van der Waals surface area contributed by atoms with Crippen LogP contribution in [0.5, 0.6) is 23.0 Å². The third kappa shape index (κ3) is 9.54. The summed E-state index contributed by atoms with van der Waals surface area (Å²) in [5, 5.41) is 0. The number of ether oxygens (including phenoxy) is 2. The normalized spacial score (nSPS) is 12.1. The van der Waals surface area contributed by atoms with E-state index in [1.807, 2.05) is 30.3 Å². The van der Waals surface area contributed by atoms with Crippen LogP contribution in [0.15, 0.2) is 78.9 Å². The van der Waals surface area contributed by atoms with Crippen molar-refractivity contribution < 1.29 is 23.9 Å². The minimum Gasteiger partial charge on any atom is -0.457 e. The number of carbonyl (C=O) groups is 3. The largest absolute Gasteiger partial charge is 0.457 e. The molecular formula is C41H41Cl3O5. The summed E-state index contributed by atoms with van der Waals surface area (Å²) < 4.78 is 11.9. The standard InChI is InChI=1S/C28H31Cl3O4.C13H10O/c29-14-4-1-7-23(32)19-10-12-26-20(17-19)18-22-27(35-26)13-11-21(24(33)8-2-5-15-30)28(22)25(34)9-3-6-16-31;1-3-7-12-10(5-1)9-11-6-2-4-8-13(11)14-12/h10-13,17H,1-9,14-16,18H2;1-8H,9H2. The average molecular weight is 720 g/mol. The highest BCUT2D eigenvalue weighted by Crippen LogP contribution is 2.41. The number of fused-ring (bicyclic) bond motifs is 4. The fourth-order valence-electron chi connectivity index (χ4n) is 6.12. The Kier molecular flexibility index (Phi) is 13.7. The molecule has 6 rings (SSSR count). The molecule has 0 saturated carbocycles. The van der Waals surface area contributed by atoms with Crippen LogP contribution in [0, 0.1) is 0 Å². The van der Waals surface area contributed by atoms with Gasteiger partial charge < -0.3 is 9.47 Å². The summed E-state index contributed by atoms with van der Waals surface area (Å²) in [6.07, 6.45) is 6.85. The second-order valence-corrected chi connectivity index (χ2v) is 13.4. The summed E-state index contributed by atoms with van der Waals surface area (Å²) in [6.45, 7) is 0. The highest BCUT2D eigenvalue weighted by Gasteiger charge is 2.28. The van der Waals surface area contributed by atoms with E-state index in [-0.39, 0.29) is 17.3 Å². The van der Waals surface area contributed by atoms with Crippen LogP contribution in [0.1, 0.15) is 111 Å². The lowest BCUT2D eigenvalue weighted by Gasteiger charge is -2.24. The van der Waals surface area contributed by atoms with Crippen LogP contribution in [0.4, 0.5) is 0 Å². The lowest BCUT2D eigenvalue weighted by atomic mass is 9.86. The minimum absolute atomic E-state index is 0.0595. The van der Waals surface area contributed by atoms with E-state index >= 15 is 0 Å². The first kappa shape index (κ1) is 36.6. The van der Waals surface area contributed by atoms with Crippen molar-refractivity contribution in [3.63, 3.8) is 0 Å². The van der Waals surface area contributed by atoms with E-state index in [0.717, 1.165) is 49.2 Å². The number of hydrogen-bond donors (Lipinski definition) is 0. The van der Waals surface area contributed by atoms with Crippen molar-refractivity contribution >= 4 is 52.2 Å². The molecule has 0 N–H and O–H groups in total. The van der Waals surface area contributed by atoms with Crippen LogP contribution in [-0.2, 0) is 12.8 Å². The maximum atomic E-state index is 13.3. The smallest absolute Gasteiger partial charge is 0.164 e. The zero-order valence-corrected chi connectivity index (χ0v) is 29.8. The van der Waals surface area contributed by atoms with Crippen molar-refractivity contribution in [2.24, 2.45) is 0 Å². The van der Waals surface area contributed by atoms with Gasteiger partial charge in [0.05, 0.1) is 0 Å². The van der Waals surface area contributed by atoms with Gasteiger partial charge in [0.15, 0.2) is 17.3 Å². The first-order valence-corrected chi connectivity index (χ1v) is 18.6. The lowest BCUT2D eigenvalue weighted by Crippen LogP contribution is -2.16. The molecule has 0 amide bonds. The maximum absolute atomic E-state index is 13.3. The molecule has 0 saturated heterocycles. The number of unbranched alkanes of at least 4 members (excludes halogenated alkanes) is 3. The number of carbonyl (C=O) groups excluding carboxylic acids is 3. The van der Waals surface area contributed by atoms with Gasteiger partial charge in [-0.3, -0.25) is 14.4 Å². The van der Waals surface area contributed by atoms with Crippen LogP contribution < -0.4 is 9.47 Å². The summed E-state index contributed by atoms with van der Waals surface area (Å²) in [5.41, 5.74) is 5.59. The van der Waals surface area contributed by atoms with Crippen molar-refractivity contribution in [3.8, 4) is 23.0 Å². The summed E-state index contributed by atoms with van der Waals surface area (Å²) in [4.78, 5) is 39.0. The fraction of sp³-hybridized carbons (Fsp3) is 0.341. The predicted molar refractivity (Wildman–Crippen MR) is 198 cm³/mol. The topological polar surface area (TPSA) is 69.7 Å². The minimum atomic E-state index is -0.0759. The quantitative estimate of drug-likeness (QED) is 0.0600. The predicted octanol–water partition coefficient (Wildman–Crippen LogP) is 11.5. The zero-order chi connectivity index (χ0) is 34.6. The molecule has 0 atom stereocenters. The molecule has 5 nitrogen and oxygen atoms in total. The molecule has 2 heterocycles. The number of para-hydroxylation sites is 2. The Morgan fingerprint density at radius 2 is 1.02 bits per heavy atom. The number of ketones is 3. The molecule has 2 aliphatic heterocycles. The van der Waals surface area contributed by atoms with Gasteiger partial charge in [0, 0.05) is 77.6 Å². The molecule has 0 aliphatic carbocycles. The third-order valence-corrected chi connectivity index (χ3v) is 9.53. The fourth-order valence-corrected chi connectivity index (χ4v) is 6.68. The van der Waals surface area contributed by atoms with E-state index in [9.17, 15) is 14.4 Å². The van der Waals surface area contributed by atoms with E-state index in [4.69, 9.17) is 44.3 Å². The molecule has 0 bridgehead atoms. The Morgan fingerprint density at radius 3 is 1.63 bits per heavy atom. The van der Waals surface area contributed by atoms with E-state index in [0.29, 0.717) is 89.9 Å². The molecule has 0 spiro atoms. The summed E-state index contributed by atoms with van der Waals surface area (Å²) in [5.74, 6) is 4.68. The Bertz CT molecular complexity index is 1700. The molecule has 2 aliphatic rings. The highest BCUT2D eigenvalue weighted by atomic mass is 35.5. The molecule has 8 heteroatoms. The molecule has 0 radical (unpaired) electrons. The molecule has 4 aromatic rings. The lowest BCUT2D eigenvalue weighted by molar-refractivity contribution is 0.0945. The van der Waals surface area contributed by atoms with Crippen molar-refractivity contribution in [3.05, 3.63) is 118 Å². The molecule has 4 aromatic carbocycles. The van der Waals surface area contributed by atoms with Gasteiger partial charge in [-0.05, 0) is 92.1 Å². The van der Waals surface area contributed by atoms with Gasteiger partial charge in [-0.1, -0.05) is 36.4 Å². The summed E-state index contributed by atoms with van der Waals surface area (Å²) in [6, 6.07) is 25.3. The number of halogens is 3. The van der Waals surface area contributed by atoms with Crippen LogP contribution in [0.25, 0.3) is 0 Å². The number of alkyl halides is 3. The Balaban J connectivity index is 0.000000274. The monoisotopic (exact) mass is 718 g/mol. The molecule has 0 aromatic heterocycles. The third-order valence-electron chi connectivity index (χ3n) is 8.73. The number of Topliss-reactive ketones (excluding diaryl/α,β-unsaturated/α-hetero) is 3. The van der Waals surface area contributed by atoms with E-state index in [2.05, 4.69) is 24.3 Å². The van der Waals surface area contributed by atoms with E-state index < -0.39 is 0 Å². The van der Waals surface area contributed by atoms with Gasteiger partial charge in [-0.15, -0.1) is 34.8 Å². The van der Waals surface area contributed by atoms with E-state index in [1.165, 1.54) is 11.1 Å². The Hall–Kier alpha value is -3.64. The molecule has 0 unspecified atom stereocenters. The van der Waals surface area contributed by atoms with Crippen molar-refractivity contribution in [2.75, 3.05) is 17.6 Å². The van der Waals surface area contributed by atoms with Crippen LogP contribution >= 0.6 is 34.8 Å². The van der Waals surface area contributed by atoms with Gasteiger partial charge in [-0.25, -0.2) is 0 Å². The summed E-state index contributed by atoms with van der Waals surface area (Å²) >= 11 is 17.3. The van der Waals surface area contributed by atoms with Crippen LogP contribution in [-0.4, -0.2) is 35.0 Å². The van der Waals surface area contributed by atoms with Gasteiger partial charge in [0.25, 0.3) is 0 Å². The SMILES string of the molecule is O=C(CCCCCl)c1ccc2c(c1)Cc1c(ccc(C(=O)CCCCCl)c1C(=O)CCCCCl)O2.c1ccc2c(c1)Cc1ccccc1O2. The highest BCUT2D eigenvalue weighted by molar-refractivity contribution is 6.18. The van der Waals surface area contributed by atoms with Crippen LogP contribution in [0.2, 0.25) is 0 Å².